The maximum Gasteiger partial charge on any atom is 0.321 e. The van der Waals surface area contributed by atoms with E-state index in [1.54, 1.807) is 35.2 Å². The summed E-state index contributed by atoms with van der Waals surface area (Å²) in [6, 6.07) is 12.8. The molecule has 34 heavy (non-hydrogen) atoms. The van der Waals surface area contributed by atoms with Gasteiger partial charge in [0.1, 0.15) is 6.33 Å². The van der Waals surface area contributed by atoms with Crippen LogP contribution in [0.4, 0.5) is 16.2 Å². The summed E-state index contributed by atoms with van der Waals surface area (Å²) in [6.45, 7) is 3.53. The first-order valence-electron chi connectivity index (χ1n) is 11.2. The van der Waals surface area contributed by atoms with Gasteiger partial charge in [-0.05, 0) is 61.7 Å². The predicted octanol–water partition coefficient (Wildman–Crippen LogP) is 5.37. The van der Waals surface area contributed by atoms with Gasteiger partial charge in [-0.2, -0.15) is 0 Å². The van der Waals surface area contributed by atoms with Crippen LogP contribution in [-0.4, -0.2) is 50.4 Å². The van der Waals surface area contributed by atoms with Crippen molar-refractivity contribution in [3.8, 4) is 5.69 Å². The van der Waals surface area contributed by atoms with Crippen LogP contribution in [0.2, 0.25) is 5.02 Å². The van der Waals surface area contributed by atoms with E-state index in [0.29, 0.717) is 21.6 Å². The Hall–Kier alpha value is -3.04. The van der Waals surface area contributed by atoms with E-state index < -0.39 is 0 Å². The number of halogens is 1. The maximum atomic E-state index is 12.5. The Balaban J connectivity index is 1.29. The van der Waals surface area contributed by atoms with E-state index in [4.69, 9.17) is 11.6 Å². The third-order valence-electron chi connectivity index (χ3n) is 5.60. The fourth-order valence-electron chi connectivity index (χ4n) is 3.67. The number of hydrogen-bond acceptors (Lipinski definition) is 5. The molecule has 3 aromatic rings. The summed E-state index contributed by atoms with van der Waals surface area (Å²) in [7, 11) is 0. The molecule has 0 saturated carbocycles. The Morgan fingerprint density at radius 3 is 2.35 bits per heavy atom. The highest BCUT2D eigenvalue weighted by Gasteiger charge is 2.16. The van der Waals surface area contributed by atoms with Gasteiger partial charge >= 0.3 is 6.03 Å². The van der Waals surface area contributed by atoms with Crippen molar-refractivity contribution in [2.45, 2.75) is 37.8 Å². The molecule has 0 aliphatic carbocycles. The SMILES string of the molecule is Cc1ccc(-n2cnnc2SCC(=O)Nc2ccc(NC(=O)N3CCCCCC3)cc2)cc1Cl. The molecule has 1 saturated heterocycles. The summed E-state index contributed by atoms with van der Waals surface area (Å²) in [4.78, 5) is 26.8. The third-order valence-corrected chi connectivity index (χ3v) is 6.95. The molecule has 4 rings (SSSR count). The van der Waals surface area contributed by atoms with Crippen molar-refractivity contribution >= 4 is 46.7 Å². The van der Waals surface area contributed by atoms with Crippen LogP contribution in [0.5, 0.6) is 0 Å². The minimum absolute atomic E-state index is 0.0749. The van der Waals surface area contributed by atoms with Gasteiger partial charge in [-0.3, -0.25) is 9.36 Å². The van der Waals surface area contributed by atoms with Crippen LogP contribution >= 0.6 is 23.4 Å². The first kappa shape index (κ1) is 24.1. The number of amides is 3. The summed E-state index contributed by atoms with van der Waals surface area (Å²) in [5.41, 5.74) is 3.18. The van der Waals surface area contributed by atoms with E-state index in [1.165, 1.54) is 24.6 Å². The third kappa shape index (κ3) is 6.30. The topological polar surface area (TPSA) is 92.1 Å². The number of aryl methyl sites for hydroxylation is 1. The highest BCUT2D eigenvalue weighted by Crippen LogP contribution is 2.24. The van der Waals surface area contributed by atoms with Crippen molar-refractivity contribution in [1.29, 1.82) is 0 Å². The number of nitrogens with one attached hydrogen (secondary N) is 2. The summed E-state index contributed by atoms with van der Waals surface area (Å²) in [6.07, 6.45) is 6.04. The number of aromatic nitrogens is 3. The Bertz CT molecular complexity index is 1140. The number of thioether (sulfide) groups is 1. The lowest BCUT2D eigenvalue weighted by Crippen LogP contribution is -2.35. The van der Waals surface area contributed by atoms with Crippen molar-refractivity contribution in [2.24, 2.45) is 0 Å². The Morgan fingerprint density at radius 1 is 1.00 bits per heavy atom. The molecular weight excluding hydrogens is 472 g/mol. The molecule has 0 atom stereocenters. The highest BCUT2D eigenvalue weighted by molar-refractivity contribution is 7.99. The van der Waals surface area contributed by atoms with Crippen LogP contribution in [0.1, 0.15) is 31.2 Å². The van der Waals surface area contributed by atoms with Gasteiger partial charge in [0.05, 0.1) is 11.4 Å². The number of carbonyl (C=O) groups excluding carboxylic acids is 2. The summed E-state index contributed by atoms with van der Waals surface area (Å²) < 4.78 is 1.80. The molecule has 8 nitrogen and oxygen atoms in total. The molecule has 10 heteroatoms. The van der Waals surface area contributed by atoms with Gasteiger partial charge < -0.3 is 15.5 Å². The van der Waals surface area contributed by atoms with E-state index in [9.17, 15) is 9.59 Å². The van der Waals surface area contributed by atoms with Gasteiger partial charge in [-0.15, -0.1) is 10.2 Å². The monoisotopic (exact) mass is 498 g/mol. The average Bonchev–Trinajstić information content (AvgIpc) is 3.13. The molecule has 3 amide bonds. The van der Waals surface area contributed by atoms with Gasteiger partial charge in [0.15, 0.2) is 5.16 Å². The van der Waals surface area contributed by atoms with Gasteiger partial charge in [-0.1, -0.05) is 42.3 Å². The number of likely N-dealkylation sites (tertiary alicyclic amines) is 1. The zero-order chi connectivity index (χ0) is 23.9. The molecule has 2 N–H and O–H groups in total. The van der Waals surface area contributed by atoms with Gasteiger partial charge in [0, 0.05) is 29.5 Å². The summed E-state index contributed by atoms with van der Waals surface area (Å²) in [5, 5.41) is 15.1. The average molecular weight is 499 g/mol. The molecule has 2 aromatic carbocycles. The predicted molar refractivity (Wildman–Crippen MR) is 136 cm³/mol. The van der Waals surface area contributed by atoms with Crippen LogP contribution in [0.15, 0.2) is 53.9 Å². The summed E-state index contributed by atoms with van der Waals surface area (Å²) >= 11 is 7.52. The van der Waals surface area contributed by atoms with Crippen LogP contribution in [0, 0.1) is 6.92 Å². The Morgan fingerprint density at radius 2 is 1.68 bits per heavy atom. The molecule has 0 radical (unpaired) electrons. The normalized spacial score (nSPS) is 13.9. The molecule has 1 aliphatic heterocycles. The minimum atomic E-state index is -0.164. The number of benzene rings is 2. The van der Waals surface area contributed by atoms with Crippen LogP contribution in [-0.2, 0) is 4.79 Å². The van der Waals surface area contributed by atoms with E-state index >= 15 is 0 Å². The minimum Gasteiger partial charge on any atom is -0.325 e. The summed E-state index contributed by atoms with van der Waals surface area (Å²) in [5.74, 6) is 0.00832. The molecular formula is C24H27ClN6O2S. The van der Waals surface area contributed by atoms with Crippen LogP contribution in [0.25, 0.3) is 5.69 Å². The van der Waals surface area contributed by atoms with E-state index in [-0.39, 0.29) is 17.7 Å². The van der Waals surface area contributed by atoms with E-state index in [2.05, 4.69) is 20.8 Å². The number of anilines is 2. The lowest BCUT2D eigenvalue weighted by atomic mass is 10.2. The van der Waals surface area contributed by atoms with Crippen molar-refractivity contribution in [1.82, 2.24) is 19.7 Å². The first-order chi connectivity index (χ1) is 16.5. The molecule has 2 heterocycles. The van der Waals surface area contributed by atoms with Crippen molar-refractivity contribution < 1.29 is 9.59 Å². The second-order valence-corrected chi connectivity index (χ2v) is 9.51. The lowest BCUT2D eigenvalue weighted by Gasteiger charge is -2.20. The molecule has 1 aromatic heterocycles. The largest absolute Gasteiger partial charge is 0.325 e. The first-order valence-corrected chi connectivity index (χ1v) is 12.6. The molecule has 178 valence electrons. The fourth-order valence-corrected chi connectivity index (χ4v) is 4.58. The molecule has 0 bridgehead atoms. The number of rotatable bonds is 6. The van der Waals surface area contributed by atoms with E-state index in [0.717, 1.165) is 37.2 Å². The van der Waals surface area contributed by atoms with Gasteiger partial charge in [0.25, 0.3) is 0 Å². The Labute approximate surface area is 208 Å². The maximum absolute atomic E-state index is 12.5. The fraction of sp³-hybridized carbons (Fsp3) is 0.333. The standard InChI is InChI=1S/C24H27ClN6O2S/c1-17-6-11-20(14-21(17)25)31-16-26-29-24(31)34-15-22(32)27-18-7-9-19(10-8-18)28-23(33)30-12-4-2-3-5-13-30/h6-11,14,16H,2-5,12-13,15H2,1H3,(H,27,32)(H,28,33). The van der Waals surface area contributed by atoms with Crippen LogP contribution < -0.4 is 10.6 Å². The molecule has 0 spiro atoms. The zero-order valence-corrected chi connectivity index (χ0v) is 20.5. The zero-order valence-electron chi connectivity index (χ0n) is 19.0. The number of nitrogens with zero attached hydrogens (tertiary/aromatic N) is 4. The number of carbonyl (C=O) groups is 2. The lowest BCUT2D eigenvalue weighted by molar-refractivity contribution is -0.113. The van der Waals surface area contributed by atoms with Crippen molar-refractivity contribution in [2.75, 3.05) is 29.5 Å². The quantitative estimate of drug-likeness (QED) is 0.446. The van der Waals surface area contributed by atoms with Crippen LogP contribution in [0.3, 0.4) is 0 Å². The van der Waals surface area contributed by atoms with Crippen molar-refractivity contribution in [3.05, 3.63) is 59.4 Å². The van der Waals surface area contributed by atoms with Gasteiger partial charge in [-0.25, -0.2) is 4.79 Å². The molecule has 1 fully saturated rings. The second kappa shape index (κ2) is 11.4. The van der Waals surface area contributed by atoms with Crippen molar-refractivity contribution in [3.63, 3.8) is 0 Å². The highest BCUT2D eigenvalue weighted by atomic mass is 35.5. The smallest absolute Gasteiger partial charge is 0.321 e. The van der Waals surface area contributed by atoms with Gasteiger partial charge in [0.2, 0.25) is 5.91 Å². The Kier molecular flexibility index (Phi) is 8.08. The molecule has 1 aliphatic rings. The second-order valence-electron chi connectivity index (χ2n) is 8.16. The number of hydrogen-bond donors (Lipinski definition) is 2. The van der Waals surface area contributed by atoms with E-state index in [1.807, 2.05) is 30.0 Å². The molecule has 0 unspecified atom stereocenters. The number of urea groups is 1.